The predicted molar refractivity (Wildman–Crippen MR) is 75.3 cm³/mol. The van der Waals surface area contributed by atoms with Gasteiger partial charge in [0.1, 0.15) is 0 Å². The zero-order chi connectivity index (χ0) is 13.9. The molecule has 0 saturated carbocycles. The molecule has 1 aliphatic heterocycles. The summed E-state index contributed by atoms with van der Waals surface area (Å²) in [5.41, 5.74) is 5.85. The van der Waals surface area contributed by atoms with Gasteiger partial charge in [0.05, 0.1) is 6.04 Å². The molecule has 0 unspecified atom stereocenters. The number of piperidine rings is 1. The molecule has 4 nitrogen and oxygen atoms in total. The average Bonchev–Trinajstić information content (AvgIpc) is 2.29. The minimum absolute atomic E-state index is 0.0708. The van der Waals surface area contributed by atoms with Crippen LogP contribution in [0, 0.1) is 11.3 Å². The molecular weight excluding hydrogens is 226 g/mol. The second-order valence-electron chi connectivity index (χ2n) is 6.81. The Morgan fingerprint density at radius 2 is 1.89 bits per heavy atom. The average molecular weight is 255 g/mol. The van der Waals surface area contributed by atoms with Crippen molar-refractivity contribution in [3.63, 3.8) is 0 Å². The highest BCUT2D eigenvalue weighted by Crippen LogP contribution is 2.21. The summed E-state index contributed by atoms with van der Waals surface area (Å²) in [7, 11) is 4.03. The van der Waals surface area contributed by atoms with Crippen LogP contribution in [-0.4, -0.2) is 55.5 Å². The molecule has 106 valence electrons. The van der Waals surface area contributed by atoms with Crippen LogP contribution in [0.3, 0.4) is 0 Å². The fraction of sp³-hybridized carbons (Fsp3) is 0.929. The summed E-state index contributed by atoms with van der Waals surface area (Å²) < 4.78 is 0. The molecular formula is C14H29N3O. The normalized spacial score (nSPS) is 20.8. The Kier molecular flexibility index (Phi) is 5.17. The van der Waals surface area contributed by atoms with E-state index in [4.69, 9.17) is 5.73 Å². The van der Waals surface area contributed by atoms with Crippen LogP contribution < -0.4 is 5.73 Å². The number of carbonyl (C=O) groups excluding carboxylic acids is 1. The number of likely N-dealkylation sites (N-methyl/N-ethyl adjacent to an activating group) is 1. The van der Waals surface area contributed by atoms with Crippen LogP contribution in [0.25, 0.3) is 0 Å². The van der Waals surface area contributed by atoms with Crippen molar-refractivity contribution in [3.05, 3.63) is 0 Å². The topological polar surface area (TPSA) is 49.6 Å². The van der Waals surface area contributed by atoms with Crippen molar-refractivity contribution in [2.75, 3.05) is 33.7 Å². The number of nitrogens with zero attached hydrogens (tertiary/aromatic N) is 2. The lowest BCUT2D eigenvalue weighted by Crippen LogP contribution is -2.50. The largest absolute Gasteiger partial charge is 0.344 e. The van der Waals surface area contributed by atoms with Gasteiger partial charge in [0.2, 0.25) is 5.91 Å². The molecule has 1 aliphatic rings. The van der Waals surface area contributed by atoms with E-state index >= 15 is 0 Å². The van der Waals surface area contributed by atoms with E-state index in [1.807, 2.05) is 32.7 Å². The van der Waals surface area contributed by atoms with Crippen molar-refractivity contribution in [1.82, 2.24) is 9.80 Å². The lowest BCUT2D eigenvalue weighted by atomic mass is 9.86. The number of hydrogen-bond donors (Lipinski definition) is 1. The van der Waals surface area contributed by atoms with E-state index in [9.17, 15) is 4.79 Å². The molecule has 1 amide bonds. The molecule has 1 rings (SSSR count). The van der Waals surface area contributed by atoms with E-state index < -0.39 is 6.04 Å². The third-order valence-electron chi connectivity index (χ3n) is 3.95. The monoisotopic (exact) mass is 255 g/mol. The van der Waals surface area contributed by atoms with Gasteiger partial charge < -0.3 is 15.5 Å². The van der Waals surface area contributed by atoms with Crippen LogP contribution in [0.4, 0.5) is 0 Å². The maximum absolute atomic E-state index is 12.2. The van der Waals surface area contributed by atoms with Crippen LogP contribution in [0.15, 0.2) is 0 Å². The van der Waals surface area contributed by atoms with Crippen molar-refractivity contribution in [2.45, 2.75) is 39.7 Å². The van der Waals surface area contributed by atoms with Gasteiger partial charge >= 0.3 is 0 Å². The smallest absolute Gasteiger partial charge is 0.239 e. The van der Waals surface area contributed by atoms with Crippen LogP contribution >= 0.6 is 0 Å². The van der Waals surface area contributed by atoms with Crippen molar-refractivity contribution in [1.29, 1.82) is 0 Å². The molecule has 1 saturated heterocycles. The zero-order valence-corrected chi connectivity index (χ0v) is 12.6. The van der Waals surface area contributed by atoms with Gasteiger partial charge in [-0.05, 0) is 44.3 Å². The number of hydrogen-bond acceptors (Lipinski definition) is 3. The first-order valence-electron chi connectivity index (χ1n) is 6.91. The summed E-state index contributed by atoms with van der Waals surface area (Å²) in [5, 5.41) is 0. The van der Waals surface area contributed by atoms with Crippen LogP contribution in [0.5, 0.6) is 0 Å². The third kappa shape index (κ3) is 4.25. The first-order chi connectivity index (χ1) is 8.21. The summed E-state index contributed by atoms with van der Waals surface area (Å²) in [6.07, 6.45) is 2.36. The van der Waals surface area contributed by atoms with E-state index in [0.29, 0.717) is 5.92 Å². The van der Waals surface area contributed by atoms with E-state index in [0.717, 1.165) is 19.6 Å². The van der Waals surface area contributed by atoms with Crippen LogP contribution in [0.2, 0.25) is 0 Å². The maximum Gasteiger partial charge on any atom is 0.239 e. The van der Waals surface area contributed by atoms with Gasteiger partial charge in [-0.15, -0.1) is 0 Å². The highest BCUT2D eigenvalue weighted by Gasteiger charge is 2.30. The van der Waals surface area contributed by atoms with Crippen molar-refractivity contribution in [2.24, 2.45) is 17.1 Å². The Bertz CT molecular complexity index is 277. The molecule has 0 bridgehead atoms. The highest BCUT2D eigenvalue weighted by atomic mass is 16.2. The van der Waals surface area contributed by atoms with Gasteiger partial charge in [0, 0.05) is 13.6 Å². The summed E-state index contributed by atoms with van der Waals surface area (Å²) in [6, 6.07) is -0.409. The SMILES string of the molecule is CN1CCC(CN(C)C(=O)[C@@H](N)C(C)(C)C)CC1. The first kappa shape index (κ1) is 15.4. The molecule has 1 fully saturated rings. The molecule has 18 heavy (non-hydrogen) atoms. The third-order valence-corrected chi connectivity index (χ3v) is 3.95. The van der Waals surface area contributed by atoms with E-state index in [2.05, 4.69) is 11.9 Å². The lowest BCUT2D eigenvalue weighted by molar-refractivity contribution is -0.134. The lowest BCUT2D eigenvalue weighted by Gasteiger charge is -2.34. The minimum atomic E-state index is -0.409. The number of amides is 1. The molecule has 0 aromatic carbocycles. The summed E-state index contributed by atoms with van der Waals surface area (Å²) >= 11 is 0. The Morgan fingerprint density at radius 1 is 1.39 bits per heavy atom. The summed E-state index contributed by atoms with van der Waals surface area (Å²) in [5.74, 6) is 0.698. The standard InChI is InChI=1S/C14H29N3O/c1-14(2,3)12(15)13(18)17(5)10-11-6-8-16(4)9-7-11/h11-12H,6-10,15H2,1-5H3/t12-/m1/s1. The van der Waals surface area contributed by atoms with Crippen LogP contribution in [-0.2, 0) is 4.79 Å². The van der Waals surface area contributed by atoms with Crippen molar-refractivity contribution < 1.29 is 4.79 Å². The van der Waals surface area contributed by atoms with E-state index in [1.165, 1.54) is 12.8 Å². The van der Waals surface area contributed by atoms with Crippen LogP contribution in [0.1, 0.15) is 33.6 Å². The molecule has 0 aliphatic carbocycles. The summed E-state index contributed by atoms with van der Waals surface area (Å²) in [4.78, 5) is 16.4. The molecule has 1 atom stereocenters. The van der Waals surface area contributed by atoms with Gasteiger partial charge in [-0.3, -0.25) is 4.79 Å². The van der Waals surface area contributed by atoms with E-state index in [-0.39, 0.29) is 11.3 Å². The fourth-order valence-electron chi connectivity index (χ4n) is 2.33. The fourth-order valence-corrected chi connectivity index (χ4v) is 2.33. The second kappa shape index (κ2) is 6.02. The summed E-state index contributed by atoms with van der Waals surface area (Å²) in [6.45, 7) is 9.16. The quantitative estimate of drug-likeness (QED) is 0.823. The molecule has 2 N–H and O–H groups in total. The highest BCUT2D eigenvalue weighted by molar-refractivity contribution is 5.82. The van der Waals surface area contributed by atoms with Gasteiger partial charge in [-0.1, -0.05) is 20.8 Å². The first-order valence-corrected chi connectivity index (χ1v) is 6.91. The van der Waals surface area contributed by atoms with Gasteiger partial charge in [-0.25, -0.2) is 0 Å². The molecule has 4 heteroatoms. The Labute approximate surface area is 111 Å². The molecule has 0 spiro atoms. The molecule has 0 radical (unpaired) electrons. The number of likely N-dealkylation sites (tertiary alicyclic amines) is 1. The van der Waals surface area contributed by atoms with Gasteiger partial charge in [0.15, 0.2) is 0 Å². The molecule has 0 aromatic heterocycles. The molecule has 0 aromatic rings. The second-order valence-corrected chi connectivity index (χ2v) is 6.81. The molecule has 1 heterocycles. The number of nitrogens with two attached hydrogens (primary N) is 1. The minimum Gasteiger partial charge on any atom is -0.344 e. The maximum atomic E-state index is 12.2. The predicted octanol–water partition coefficient (Wildman–Crippen LogP) is 1.16. The Hall–Kier alpha value is -0.610. The van der Waals surface area contributed by atoms with E-state index in [1.54, 1.807) is 0 Å². The van der Waals surface area contributed by atoms with Gasteiger partial charge in [-0.2, -0.15) is 0 Å². The zero-order valence-electron chi connectivity index (χ0n) is 12.6. The van der Waals surface area contributed by atoms with Crippen molar-refractivity contribution in [3.8, 4) is 0 Å². The number of carbonyl (C=O) groups is 1. The van der Waals surface area contributed by atoms with Gasteiger partial charge in [0.25, 0.3) is 0 Å². The Morgan fingerprint density at radius 3 is 2.33 bits per heavy atom. The Balaban J connectivity index is 2.45. The number of rotatable bonds is 3. The van der Waals surface area contributed by atoms with Crippen molar-refractivity contribution >= 4 is 5.91 Å².